The van der Waals surface area contributed by atoms with Crippen LogP contribution in [0.4, 0.5) is 15.8 Å². The zero-order valence-corrected chi connectivity index (χ0v) is 14.7. The van der Waals surface area contributed by atoms with E-state index in [1.54, 1.807) is 0 Å². The number of imide groups is 1. The number of ether oxygens (including phenoxy) is 2. The quantitative estimate of drug-likeness (QED) is 0.601. The molecule has 0 saturated carbocycles. The molecule has 0 unspecified atom stereocenters. The summed E-state index contributed by atoms with van der Waals surface area (Å²) < 4.78 is 25.1. The van der Waals surface area contributed by atoms with Gasteiger partial charge in [-0.2, -0.15) is 0 Å². The molecule has 8 heteroatoms. The van der Waals surface area contributed by atoms with E-state index in [9.17, 15) is 18.8 Å². The van der Waals surface area contributed by atoms with Gasteiger partial charge >= 0.3 is 0 Å². The summed E-state index contributed by atoms with van der Waals surface area (Å²) in [5.74, 6) is 0.244. The van der Waals surface area contributed by atoms with Gasteiger partial charge in [-0.15, -0.1) is 6.42 Å². The Morgan fingerprint density at radius 3 is 2.61 bits per heavy atom. The van der Waals surface area contributed by atoms with Crippen LogP contribution < -0.4 is 19.3 Å². The van der Waals surface area contributed by atoms with Gasteiger partial charge in [-0.25, -0.2) is 9.29 Å². The molecule has 2 aromatic rings. The fourth-order valence-electron chi connectivity index (χ4n) is 3.21. The van der Waals surface area contributed by atoms with E-state index in [-0.39, 0.29) is 41.4 Å². The Morgan fingerprint density at radius 2 is 1.89 bits per heavy atom. The zero-order chi connectivity index (χ0) is 20.0. The van der Waals surface area contributed by atoms with Gasteiger partial charge in [0.05, 0.1) is 36.2 Å². The van der Waals surface area contributed by atoms with Crippen LogP contribution in [0.2, 0.25) is 0 Å². The summed E-state index contributed by atoms with van der Waals surface area (Å²) in [6, 6.07) is 6.66. The standard InChI is InChI=1S/C20H13FN2O5/c1-3-6-22-16-9-15(14(21)8-17(16)28-10-18(22)24)23-19(25)12-5-4-11(27-2)7-13(12)20(23)26/h1,4-5,7-9H,6,10H2,2H3. The Morgan fingerprint density at radius 1 is 1.14 bits per heavy atom. The van der Waals surface area contributed by atoms with Crippen LogP contribution in [0.5, 0.6) is 11.5 Å². The highest BCUT2D eigenvalue weighted by atomic mass is 19.1. The monoisotopic (exact) mass is 380 g/mol. The van der Waals surface area contributed by atoms with Gasteiger partial charge < -0.3 is 9.47 Å². The summed E-state index contributed by atoms with van der Waals surface area (Å²) in [4.78, 5) is 39.6. The molecule has 0 atom stereocenters. The van der Waals surface area contributed by atoms with E-state index in [0.717, 1.165) is 11.0 Å². The van der Waals surface area contributed by atoms with Gasteiger partial charge in [-0.05, 0) is 24.3 Å². The van der Waals surface area contributed by atoms with Crippen molar-refractivity contribution in [1.82, 2.24) is 0 Å². The lowest BCUT2D eigenvalue weighted by atomic mass is 10.1. The summed E-state index contributed by atoms with van der Waals surface area (Å²) in [5.41, 5.74) is 0.147. The molecule has 0 saturated heterocycles. The number of nitrogens with zero attached hydrogens (tertiary/aromatic N) is 2. The van der Waals surface area contributed by atoms with Crippen molar-refractivity contribution in [3.8, 4) is 23.8 Å². The predicted molar refractivity (Wildman–Crippen MR) is 97.2 cm³/mol. The second-order valence-corrected chi connectivity index (χ2v) is 6.10. The van der Waals surface area contributed by atoms with Crippen LogP contribution >= 0.6 is 0 Å². The van der Waals surface area contributed by atoms with Crippen LogP contribution in [0.25, 0.3) is 0 Å². The summed E-state index contributed by atoms with van der Waals surface area (Å²) >= 11 is 0. The predicted octanol–water partition coefficient (Wildman–Crippen LogP) is 1.99. The van der Waals surface area contributed by atoms with E-state index in [0.29, 0.717) is 5.75 Å². The number of benzene rings is 2. The number of amides is 3. The van der Waals surface area contributed by atoms with Crippen LogP contribution in [0.1, 0.15) is 20.7 Å². The molecule has 0 aromatic heterocycles. The third-order valence-corrected chi connectivity index (χ3v) is 4.56. The molecule has 0 bridgehead atoms. The van der Waals surface area contributed by atoms with Gasteiger partial charge in [-0.3, -0.25) is 19.3 Å². The zero-order valence-electron chi connectivity index (χ0n) is 14.7. The molecule has 2 aliphatic rings. The summed E-state index contributed by atoms with van der Waals surface area (Å²) in [5, 5.41) is 0. The van der Waals surface area contributed by atoms with E-state index in [1.165, 1.54) is 36.3 Å². The Hall–Kier alpha value is -3.86. The molecular formula is C20H13FN2O5. The van der Waals surface area contributed by atoms with Gasteiger partial charge in [0.2, 0.25) is 0 Å². The molecule has 7 nitrogen and oxygen atoms in total. The average Bonchev–Trinajstić information content (AvgIpc) is 2.94. The van der Waals surface area contributed by atoms with Crippen LogP contribution in [-0.4, -0.2) is 38.0 Å². The number of hydrogen-bond donors (Lipinski definition) is 0. The van der Waals surface area contributed by atoms with Gasteiger partial charge in [-0.1, -0.05) is 5.92 Å². The van der Waals surface area contributed by atoms with Crippen molar-refractivity contribution in [3.05, 3.63) is 47.3 Å². The van der Waals surface area contributed by atoms with Crippen LogP contribution in [0, 0.1) is 18.2 Å². The molecule has 0 radical (unpaired) electrons. The van der Waals surface area contributed by atoms with Crippen LogP contribution in [-0.2, 0) is 4.79 Å². The molecule has 2 heterocycles. The van der Waals surface area contributed by atoms with E-state index >= 15 is 0 Å². The Balaban J connectivity index is 1.82. The van der Waals surface area contributed by atoms with E-state index < -0.39 is 23.5 Å². The molecular weight excluding hydrogens is 367 g/mol. The van der Waals surface area contributed by atoms with Crippen molar-refractivity contribution >= 4 is 29.1 Å². The first-order chi connectivity index (χ1) is 13.5. The number of halogens is 1. The summed E-state index contributed by atoms with van der Waals surface area (Å²) in [6.07, 6.45) is 5.31. The molecule has 2 aliphatic heterocycles. The molecule has 3 amide bonds. The Kier molecular flexibility index (Phi) is 4.00. The Labute approximate surface area is 159 Å². The normalized spacial score (nSPS) is 15.1. The maximum absolute atomic E-state index is 14.8. The Bertz CT molecular complexity index is 1090. The largest absolute Gasteiger partial charge is 0.497 e. The van der Waals surface area contributed by atoms with Crippen molar-refractivity contribution < 1.29 is 28.2 Å². The summed E-state index contributed by atoms with van der Waals surface area (Å²) in [7, 11) is 1.43. The topological polar surface area (TPSA) is 76.2 Å². The highest BCUT2D eigenvalue weighted by molar-refractivity contribution is 6.34. The second kappa shape index (κ2) is 6.39. The van der Waals surface area contributed by atoms with Crippen molar-refractivity contribution in [2.45, 2.75) is 0 Å². The number of hydrogen-bond acceptors (Lipinski definition) is 5. The number of rotatable bonds is 3. The number of carbonyl (C=O) groups excluding carboxylic acids is 3. The van der Waals surface area contributed by atoms with Gasteiger partial charge in [0.15, 0.2) is 12.4 Å². The lowest BCUT2D eigenvalue weighted by Crippen LogP contribution is -2.39. The lowest BCUT2D eigenvalue weighted by molar-refractivity contribution is -0.121. The lowest BCUT2D eigenvalue weighted by Gasteiger charge is -2.29. The number of methoxy groups -OCH3 is 1. The molecule has 0 spiro atoms. The number of fused-ring (bicyclic) bond motifs is 2. The first-order valence-corrected chi connectivity index (χ1v) is 8.23. The van der Waals surface area contributed by atoms with Crippen molar-refractivity contribution in [3.63, 3.8) is 0 Å². The first-order valence-electron chi connectivity index (χ1n) is 8.23. The number of terminal acetylenes is 1. The molecule has 0 aliphatic carbocycles. The molecule has 140 valence electrons. The maximum atomic E-state index is 14.8. The number of anilines is 2. The minimum absolute atomic E-state index is 0.0560. The average molecular weight is 380 g/mol. The molecule has 28 heavy (non-hydrogen) atoms. The van der Waals surface area contributed by atoms with E-state index in [2.05, 4.69) is 5.92 Å². The minimum atomic E-state index is -0.838. The maximum Gasteiger partial charge on any atom is 0.266 e. The SMILES string of the molecule is C#CCN1C(=O)COc2cc(F)c(N3C(=O)c4ccc(OC)cc4C3=O)cc21. The molecule has 2 aromatic carbocycles. The van der Waals surface area contributed by atoms with Crippen LogP contribution in [0.3, 0.4) is 0 Å². The minimum Gasteiger partial charge on any atom is -0.497 e. The van der Waals surface area contributed by atoms with Gasteiger partial charge in [0, 0.05) is 6.07 Å². The fourth-order valence-corrected chi connectivity index (χ4v) is 3.21. The van der Waals surface area contributed by atoms with Crippen LogP contribution in [0.15, 0.2) is 30.3 Å². The van der Waals surface area contributed by atoms with E-state index in [4.69, 9.17) is 15.9 Å². The van der Waals surface area contributed by atoms with E-state index in [1.807, 2.05) is 0 Å². The molecule has 0 N–H and O–H groups in total. The first kappa shape index (κ1) is 17.5. The number of carbonyl (C=O) groups is 3. The highest BCUT2D eigenvalue weighted by Gasteiger charge is 2.39. The van der Waals surface area contributed by atoms with Gasteiger partial charge in [0.1, 0.15) is 11.5 Å². The second-order valence-electron chi connectivity index (χ2n) is 6.10. The fraction of sp³-hybridized carbons (Fsp3) is 0.150. The molecule has 0 fully saturated rings. The summed E-state index contributed by atoms with van der Waals surface area (Å²) in [6.45, 7) is -0.333. The van der Waals surface area contributed by atoms with Crippen molar-refractivity contribution in [2.75, 3.05) is 30.1 Å². The third kappa shape index (κ3) is 2.48. The smallest absolute Gasteiger partial charge is 0.266 e. The third-order valence-electron chi connectivity index (χ3n) is 4.56. The van der Waals surface area contributed by atoms with Crippen molar-refractivity contribution in [2.24, 2.45) is 0 Å². The highest BCUT2D eigenvalue weighted by Crippen LogP contribution is 2.40. The molecule has 4 rings (SSSR count). The van der Waals surface area contributed by atoms with Gasteiger partial charge in [0.25, 0.3) is 17.7 Å². The van der Waals surface area contributed by atoms with Crippen molar-refractivity contribution in [1.29, 1.82) is 0 Å².